The molecule has 4 heterocycles. The minimum Gasteiger partial charge on any atom is -0.497 e. The van der Waals surface area contributed by atoms with Crippen molar-refractivity contribution >= 4 is 41.6 Å². The van der Waals surface area contributed by atoms with Crippen molar-refractivity contribution in [1.82, 2.24) is 9.13 Å². The van der Waals surface area contributed by atoms with Crippen LogP contribution in [0, 0.1) is 0 Å². The molecular weight excluding hydrogens is 837 g/mol. The van der Waals surface area contributed by atoms with Gasteiger partial charge in [0.1, 0.15) is 36.2 Å². The summed E-state index contributed by atoms with van der Waals surface area (Å²) in [5.41, 5.74) is 4.27. The van der Waals surface area contributed by atoms with E-state index in [-0.39, 0.29) is 45.3 Å². The average molecular weight is 879 g/mol. The Bertz CT molecular complexity index is 3050. The average Bonchev–Trinajstić information content (AvgIpc) is 3.96. The van der Waals surface area contributed by atoms with Crippen LogP contribution < -0.4 is 30.1 Å². The molecule has 320 valence electrons. The fourth-order valence-corrected chi connectivity index (χ4v) is 7.97. The summed E-state index contributed by atoms with van der Waals surface area (Å²) < 4.78 is 84.9. The largest absolute Gasteiger partial charge is 0.497 e. The van der Waals surface area contributed by atoms with E-state index in [1.807, 2.05) is 48.5 Å². The highest BCUT2D eigenvalue weighted by molar-refractivity contribution is 7.91. The molecule has 0 aliphatic carbocycles. The van der Waals surface area contributed by atoms with Gasteiger partial charge in [0, 0.05) is 60.9 Å². The SMILES string of the molecule is COc1ccc(COc2cc(-c3cn(C)c(=O)c4occc34)cc(S(C)(=O)=O)c2)cc1.COc1ccc(COc2cc(-c3cn(C)c(=O)c4occc34)cc(S(C)(=O)=O)c2)cc1. The molecule has 0 saturated heterocycles. The fourth-order valence-electron chi connectivity index (χ4n) is 6.62. The molecule has 4 aromatic heterocycles. The Kier molecular flexibility index (Phi) is 12.2. The van der Waals surface area contributed by atoms with Crippen molar-refractivity contribution in [1.29, 1.82) is 0 Å². The van der Waals surface area contributed by atoms with Crippen LogP contribution in [0.25, 0.3) is 44.2 Å². The van der Waals surface area contributed by atoms with Gasteiger partial charge in [0.2, 0.25) is 0 Å². The van der Waals surface area contributed by atoms with Crippen molar-refractivity contribution in [2.45, 2.75) is 23.0 Å². The number of furan rings is 2. The molecule has 0 unspecified atom stereocenters. The molecule has 0 aliphatic rings. The zero-order chi connectivity index (χ0) is 44.3. The molecule has 0 aliphatic heterocycles. The maximum Gasteiger partial charge on any atom is 0.293 e. The summed E-state index contributed by atoms with van der Waals surface area (Å²) in [7, 11) is -0.554. The molecule has 0 spiro atoms. The number of methoxy groups -OCH3 is 2. The molecule has 0 N–H and O–H groups in total. The van der Waals surface area contributed by atoms with Gasteiger partial charge in [-0.2, -0.15) is 0 Å². The monoisotopic (exact) mass is 878 g/mol. The summed E-state index contributed by atoms with van der Waals surface area (Å²) >= 11 is 0. The van der Waals surface area contributed by atoms with Crippen molar-refractivity contribution in [3.8, 4) is 45.3 Å². The first-order valence-corrected chi connectivity index (χ1v) is 22.7. The standard InChI is InChI=1S/2C23H21NO6S/c2*1-24-13-21(20-8-9-29-22(20)23(24)25)16-10-18(12-19(11-16)31(3,26)27)30-14-15-4-6-17(28-2)7-5-15/h2*4-13H,14H2,1-3H3. The molecule has 0 fully saturated rings. The van der Waals surface area contributed by atoms with E-state index in [1.165, 1.54) is 33.8 Å². The van der Waals surface area contributed by atoms with E-state index < -0.39 is 19.7 Å². The van der Waals surface area contributed by atoms with Crippen LogP contribution in [0.3, 0.4) is 0 Å². The molecule has 14 nitrogen and oxygen atoms in total. The molecule has 62 heavy (non-hydrogen) atoms. The Hall–Kier alpha value is -7.04. The third-order valence-corrected chi connectivity index (χ3v) is 12.1. The number of aromatic nitrogens is 2. The van der Waals surface area contributed by atoms with E-state index in [0.717, 1.165) is 35.1 Å². The van der Waals surface area contributed by atoms with Gasteiger partial charge >= 0.3 is 0 Å². The van der Waals surface area contributed by atoms with Gasteiger partial charge in [-0.05, 0) is 95.1 Å². The van der Waals surface area contributed by atoms with Crippen LogP contribution in [0.5, 0.6) is 23.0 Å². The van der Waals surface area contributed by atoms with E-state index in [0.29, 0.717) is 44.5 Å². The third kappa shape index (κ3) is 9.46. The Labute approximate surface area is 356 Å². The first kappa shape index (κ1) is 43.1. The summed E-state index contributed by atoms with van der Waals surface area (Å²) in [5, 5.41) is 1.21. The summed E-state index contributed by atoms with van der Waals surface area (Å²) in [6.45, 7) is 0.510. The summed E-state index contributed by atoms with van der Waals surface area (Å²) in [5.74, 6) is 2.28. The lowest BCUT2D eigenvalue weighted by Crippen LogP contribution is -2.15. The first-order valence-electron chi connectivity index (χ1n) is 18.9. The number of hydrogen-bond donors (Lipinski definition) is 0. The Morgan fingerprint density at radius 1 is 0.516 bits per heavy atom. The Balaban J connectivity index is 0.000000186. The molecule has 0 radical (unpaired) electrons. The molecule has 16 heteroatoms. The second kappa shape index (κ2) is 17.5. The number of rotatable bonds is 12. The van der Waals surface area contributed by atoms with Gasteiger partial charge in [-0.15, -0.1) is 0 Å². The van der Waals surface area contributed by atoms with E-state index in [9.17, 15) is 26.4 Å². The van der Waals surface area contributed by atoms with E-state index in [4.69, 9.17) is 27.8 Å². The zero-order valence-corrected chi connectivity index (χ0v) is 36.2. The molecular formula is C46H42N2O12S2. The normalized spacial score (nSPS) is 11.6. The summed E-state index contributed by atoms with van der Waals surface area (Å²) in [4.78, 5) is 24.9. The van der Waals surface area contributed by atoms with Crippen LogP contribution in [0.15, 0.2) is 150 Å². The number of hydrogen-bond acceptors (Lipinski definition) is 12. The van der Waals surface area contributed by atoms with Crippen LogP contribution in [-0.2, 0) is 47.0 Å². The quantitative estimate of drug-likeness (QED) is 0.118. The number of fused-ring (bicyclic) bond motifs is 2. The van der Waals surface area contributed by atoms with Crippen molar-refractivity contribution in [2.75, 3.05) is 26.7 Å². The van der Waals surface area contributed by atoms with Crippen LogP contribution in [0.4, 0.5) is 0 Å². The van der Waals surface area contributed by atoms with Crippen molar-refractivity contribution in [2.24, 2.45) is 14.1 Å². The lowest BCUT2D eigenvalue weighted by molar-refractivity contribution is 0.305. The van der Waals surface area contributed by atoms with Crippen LogP contribution in [0.2, 0.25) is 0 Å². The third-order valence-electron chi connectivity index (χ3n) is 9.95. The molecule has 8 rings (SSSR count). The molecule has 0 atom stereocenters. The first-order chi connectivity index (χ1) is 29.5. The minimum absolute atomic E-state index is 0.125. The van der Waals surface area contributed by atoms with Crippen LogP contribution in [0.1, 0.15) is 11.1 Å². The van der Waals surface area contributed by atoms with Crippen molar-refractivity contribution in [3.05, 3.63) is 154 Å². The molecule has 0 saturated carbocycles. The predicted octanol–water partition coefficient (Wildman–Crippen LogP) is 7.58. The van der Waals surface area contributed by atoms with Crippen LogP contribution in [-0.4, -0.2) is 52.7 Å². The van der Waals surface area contributed by atoms with Gasteiger partial charge in [0.15, 0.2) is 30.8 Å². The summed E-state index contributed by atoms with van der Waals surface area (Å²) in [6.07, 6.45) is 8.50. The fraction of sp³-hybridized carbons (Fsp3) is 0.174. The van der Waals surface area contributed by atoms with Gasteiger partial charge in [0.05, 0.1) is 36.5 Å². The summed E-state index contributed by atoms with van der Waals surface area (Å²) in [6, 6.07) is 27.9. The van der Waals surface area contributed by atoms with Gasteiger partial charge in [-0.25, -0.2) is 16.8 Å². The lowest BCUT2D eigenvalue weighted by atomic mass is 10.0. The highest BCUT2D eigenvalue weighted by atomic mass is 32.2. The topological polar surface area (TPSA) is 175 Å². The van der Waals surface area contributed by atoms with Crippen molar-refractivity contribution < 1.29 is 44.6 Å². The van der Waals surface area contributed by atoms with E-state index >= 15 is 0 Å². The number of aryl methyl sites for hydroxylation is 2. The highest BCUT2D eigenvalue weighted by Gasteiger charge is 2.19. The molecule has 0 amide bonds. The molecule has 4 aromatic carbocycles. The van der Waals surface area contributed by atoms with Gasteiger partial charge in [0.25, 0.3) is 11.1 Å². The van der Waals surface area contributed by atoms with E-state index in [2.05, 4.69) is 0 Å². The number of sulfone groups is 2. The minimum atomic E-state index is -3.49. The van der Waals surface area contributed by atoms with Crippen molar-refractivity contribution in [3.63, 3.8) is 0 Å². The highest BCUT2D eigenvalue weighted by Crippen LogP contribution is 2.35. The maximum atomic E-state index is 12.3. The predicted molar refractivity (Wildman–Crippen MR) is 235 cm³/mol. The second-order valence-electron chi connectivity index (χ2n) is 14.4. The Morgan fingerprint density at radius 3 is 1.23 bits per heavy atom. The lowest BCUT2D eigenvalue weighted by Gasteiger charge is -2.12. The number of benzene rings is 4. The molecule has 8 aromatic rings. The molecule has 0 bridgehead atoms. The van der Waals surface area contributed by atoms with Gasteiger partial charge in [-0.3, -0.25) is 9.59 Å². The Morgan fingerprint density at radius 2 is 0.887 bits per heavy atom. The van der Waals surface area contributed by atoms with Crippen LogP contribution >= 0.6 is 0 Å². The maximum absolute atomic E-state index is 12.3. The zero-order valence-electron chi connectivity index (χ0n) is 34.6. The number of nitrogens with zero attached hydrogens (tertiary/aromatic N) is 2. The smallest absolute Gasteiger partial charge is 0.293 e. The van der Waals surface area contributed by atoms with Gasteiger partial charge < -0.3 is 36.9 Å². The number of ether oxygens (including phenoxy) is 4. The second-order valence-corrected chi connectivity index (χ2v) is 18.5. The van der Waals surface area contributed by atoms with E-state index in [1.54, 1.807) is 77.1 Å². The number of pyridine rings is 2. The van der Waals surface area contributed by atoms with Gasteiger partial charge in [-0.1, -0.05) is 24.3 Å².